The highest BCUT2D eigenvalue weighted by molar-refractivity contribution is 6.09. The number of dihydropyridines is 1. The molecular formula is C53H46N6. The van der Waals surface area contributed by atoms with Crippen molar-refractivity contribution < 1.29 is 0 Å². The number of hydrogen-bond acceptors (Lipinski definition) is 6. The van der Waals surface area contributed by atoms with Gasteiger partial charge in [0.2, 0.25) is 0 Å². The molecule has 0 aromatic heterocycles. The summed E-state index contributed by atoms with van der Waals surface area (Å²) >= 11 is 0. The molecule has 6 heteroatoms. The molecule has 0 spiro atoms. The van der Waals surface area contributed by atoms with Gasteiger partial charge in [0.15, 0.2) is 0 Å². The third kappa shape index (κ3) is 7.15. The van der Waals surface area contributed by atoms with Crippen LogP contribution in [0.15, 0.2) is 194 Å². The van der Waals surface area contributed by atoms with Gasteiger partial charge >= 0.3 is 0 Å². The zero-order chi connectivity index (χ0) is 39.5. The number of hydrogen-bond donors (Lipinski definition) is 5. The molecule has 2 atom stereocenters. The molecule has 0 amide bonds. The van der Waals surface area contributed by atoms with E-state index in [0.29, 0.717) is 6.54 Å². The second kappa shape index (κ2) is 15.9. The van der Waals surface area contributed by atoms with E-state index in [4.69, 9.17) is 5.73 Å². The Morgan fingerprint density at radius 1 is 0.729 bits per heavy atom. The van der Waals surface area contributed by atoms with Gasteiger partial charge in [-0.3, -0.25) is 0 Å². The second-order valence-electron chi connectivity index (χ2n) is 15.3. The maximum Gasteiger partial charge on any atom is 0.131 e. The minimum atomic E-state index is -0.285. The molecule has 6 nitrogen and oxygen atoms in total. The Kier molecular flexibility index (Phi) is 9.74. The molecule has 0 saturated heterocycles. The summed E-state index contributed by atoms with van der Waals surface area (Å²) in [4.78, 5) is 2.45. The highest BCUT2D eigenvalue weighted by Crippen LogP contribution is 2.51. The van der Waals surface area contributed by atoms with Gasteiger partial charge < -0.3 is 31.9 Å². The van der Waals surface area contributed by atoms with E-state index in [1.807, 2.05) is 12.1 Å². The number of nitrogens with one attached hydrogen (secondary N) is 4. The Hall–Kier alpha value is -7.28. The Morgan fingerprint density at radius 2 is 1.37 bits per heavy atom. The van der Waals surface area contributed by atoms with Crippen molar-refractivity contribution >= 4 is 33.9 Å². The van der Waals surface area contributed by atoms with E-state index < -0.39 is 0 Å². The summed E-state index contributed by atoms with van der Waals surface area (Å²) in [5, 5.41) is 17.3. The minimum absolute atomic E-state index is 0.0883. The van der Waals surface area contributed by atoms with Crippen LogP contribution in [0.5, 0.6) is 0 Å². The lowest BCUT2D eigenvalue weighted by Gasteiger charge is -2.31. The standard InChI is InChI=1S/C53H46N6/c54-48(41-24-18-38(19-25-41)37-13-5-2-6-14-37)33-49(57-34-36-11-3-1-4-12-36)42-26-20-39(21-27-42)40-22-28-43(29-23-40)53-58-51-47-35-55-32-30-45(47)44-15-7-8-16-46(44)52(51)59(53)50-17-9-10-31-56-50/h1-30,32-33,48,53,55-58H,31,34-35,54H2/b49-33-. The molecule has 3 heterocycles. The van der Waals surface area contributed by atoms with Gasteiger partial charge in [0.05, 0.1) is 17.4 Å². The van der Waals surface area contributed by atoms with Crippen LogP contribution in [0.1, 0.15) is 45.6 Å². The first-order chi connectivity index (χ1) is 29.2. The van der Waals surface area contributed by atoms with Crippen molar-refractivity contribution in [3.8, 4) is 22.3 Å². The molecule has 0 fully saturated rings. The van der Waals surface area contributed by atoms with E-state index >= 15 is 0 Å². The van der Waals surface area contributed by atoms with Crippen molar-refractivity contribution in [2.24, 2.45) is 5.73 Å². The molecule has 59 heavy (non-hydrogen) atoms. The van der Waals surface area contributed by atoms with Crippen molar-refractivity contribution in [3.05, 3.63) is 227 Å². The lowest BCUT2D eigenvalue weighted by molar-refractivity contribution is 0.721. The molecule has 6 N–H and O–H groups in total. The first-order valence-electron chi connectivity index (χ1n) is 20.4. The molecule has 0 radical (unpaired) electrons. The summed E-state index contributed by atoms with van der Waals surface area (Å²) < 4.78 is 0. The van der Waals surface area contributed by atoms with E-state index in [-0.39, 0.29) is 12.2 Å². The summed E-state index contributed by atoms with van der Waals surface area (Å²) in [7, 11) is 0. The summed E-state index contributed by atoms with van der Waals surface area (Å²) in [5.74, 6) is 1.08. The van der Waals surface area contributed by atoms with Crippen LogP contribution >= 0.6 is 0 Å². The highest BCUT2D eigenvalue weighted by atomic mass is 15.4. The summed E-state index contributed by atoms with van der Waals surface area (Å²) in [5.41, 5.74) is 22.1. The second-order valence-corrected chi connectivity index (χ2v) is 15.3. The Balaban J connectivity index is 0.935. The number of allylic oxidation sites excluding steroid dienone is 2. The van der Waals surface area contributed by atoms with Crippen molar-refractivity contribution in [1.29, 1.82) is 0 Å². The van der Waals surface area contributed by atoms with Gasteiger partial charge in [0, 0.05) is 36.3 Å². The predicted molar refractivity (Wildman–Crippen MR) is 246 cm³/mol. The summed E-state index contributed by atoms with van der Waals surface area (Å²) in [6.07, 6.45) is 12.8. The molecule has 0 saturated carbocycles. The number of nitrogens with two attached hydrogens (primary N) is 1. The van der Waals surface area contributed by atoms with E-state index in [1.54, 1.807) is 0 Å². The number of fused-ring (bicyclic) bond motifs is 6. The normalized spacial score (nSPS) is 16.0. The molecular weight excluding hydrogens is 721 g/mol. The Bertz CT molecular complexity index is 2730. The molecule has 0 aliphatic carbocycles. The van der Waals surface area contributed by atoms with Crippen LogP contribution in [0, 0.1) is 0 Å². The third-order valence-electron chi connectivity index (χ3n) is 11.6. The van der Waals surface area contributed by atoms with E-state index in [2.05, 4.69) is 208 Å². The van der Waals surface area contributed by atoms with Gasteiger partial charge in [-0.05, 0) is 79.9 Å². The molecule has 3 aliphatic rings. The largest absolute Gasteiger partial charge is 0.387 e. The van der Waals surface area contributed by atoms with E-state index in [0.717, 1.165) is 46.9 Å². The fourth-order valence-corrected chi connectivity index (χ4v) is 8.57. The minimum Gasteiger partial charge on any atom is -0.387 e. The molecule has 3 aliphatic heterocycles. The smallest absolute Gasteiger partial charge is 0.131 e. The first kappa shape index (κ1) is 36.1. The average molecular weight is 767 g/mol. The van der Waals surface area contributed by atoms with Gasteiger partial charge in [-0.15, -0.1) is 0 Å². The SMILES string of the molecule is NC(/C=C(\NCc1ccccc1)c1ccc(-c2ccc(C3Nc4c5c(c6ccccc6c4N3C3=CC=CCN3)C=CNC5)cc2)cc1)c1ccc(-c2ccccc2)cc1. The predicted octanol–water partition coefficient (Wildman–Crippen LogP) is 11.0. The van der Waals surface area contributed by atoms with Crippen molar-refractivity contribution in [1.82, 2.24) is 16.0 Å². The van der Waals surface area contributed by atoms with Crippen LogP contribution in [-0.4, -0.2) is 6.54 Å². The van der Waals surface area contributed by atoms with Crippen LogP contribution < -0.4 is 31.9 Å². The van der Waals surface area contributed by atoms with Crippen LogP contribution in [0.25, 0.3) is 44.8 Å². The highest BCUT2D eigenvalue weighted by Gasteiger charge is 2.37. The maximum absolute atomic E-state index is 6.88. The Morgan fingerprint density at radius 3 is 2.08 bits per heavy atom. The fourth-order valence-electron chi connectivity index (χ4n) is 8.57. The van der Waals surface area contributed by atoms with Gasteiger partial charge in [0.1, 0.15) is 12.0 Å². The number of benzene rings is 7. The Labute approximate surface area is 346 Å². The topological polar surface area (TPSA) is 77.4 Å². The third-order valence-corrected chi connectivity index (χ3v) is 11.6. The average Bonchev–Trinajstić information content (AvgIpc) is 3.73. The van der Waals surface area contributed by atoms with Crippen LogP contribution in [0.2, 0.25) is 0 Å². The summed E-state index contributed by atoms with van der Waals surface area (Å²) in [6.45, 7) is 2.26. The number of nitrogens with zero attached hydrogens (tertiary/aromatic N) is 1. The molecule has 2 unspecified atom stereocenters. The van der Waals surface area contributed by atoms with Crippen molar-refractivity contribution in [3.63, 3.8) is 0 Å². The maximum atomic E-state index is 6.88. The molecule has 10 rings (SSSR count). The quantitative estimate of drug-likeness (QED) is 0.0954. The van der Waals surface area contributed by atoms with Gasteiger partial charge in [-0.25, -0.2) is 0 Å². The van der Waals surface area contributed by atoms with Crippen molar-refractivity contribution in [2.45, 2.75) is 25.3 Å². The van der Waals surface area contributed by atoms with Gasteiger partial charge in [-0.2, -0.15) is 0 Å². The zero-order valence-electron chi connectivity index (χ0n) is 32.8. The lowest BCUT2D eigenvalue weighted by atomic mass is 9.93. The van der Waals surface area contributed by atoms with Crippen LogP contribution in [-0.2, 0) is 13.1 Å². The molecule has 0 bridgehead atoms. The fraction of sp³-hybridized carbons (Fsp3) is 0.0943. The molecule has 7 aromatic carbocycles. The summed E-state index contributed by atoms with van der Waals surface area (Å²) in [6, 6.07) is 55.8. The number of rotatable bonds is 10. The van der Waals surface area contributed by atoms with E-state index in [9.17, 15) is 0 Å². The zero-order valence-corrected chi connectivity index (χ0v) is 32.8. The van der Waals surface area contributed by atoms with Gasteiger partial charge in [-0.1, -0.05) is 170 Å². The van der Waals surface area contributed by atoms with Crippen LogP contribution in [0.4, 0.5) is 11.4 Å². The lowest BCUT2D eigenvalue weighted by Crippen LogP contribution is -2.35. The van der Waals surface area contributed by atoms with Crippen LogP contribution in [0.3, 0.4) is 0 Å². The van der Waals surface area contributed by atoms with Crippen molar-refractivity contribution in [2.75, 3.05) is 16.8 Å². The molecule has 288 valence electrons. The monoisotopic (exact) mass is 766 g/mol. The van der Waals surface area contributed by atoms with Gasteiger partial charge in [0.25, 0.3) is 0 Å². The van der Waals surface area contributed by atoms with E-state index in [1.165, 1.54) is 55.5 Å². The molecule has 7 aromatic rings. The number of anilines is 2. The first-order valence-corrected chi connectivity index (χ1v) is 20.4.